The summed E-state index contributed by atoms with van der Waals surface area (Å²) in [5.74, 6) is 0.619. The number of halogens is 1. The van der Waals surface area contributed by atoms with Gasteiger partial charge in [0.15, 0.2) is 0 Å². The molecule has 3 nitrogen and oxygen atoms in total. The van der Waals surface area contributed by atoms with Gasteiger partial charge in [-0.2, -0.15) is 0 Å². The third-order valence-electron chi connectivity index (χ3n) is 4.70. The molecule has 1 amide bonds. The Hall–Kier alpha value is -0.870. The molecule has 0 spiro atoms. The Morgan fingerprint density at radius 3 is 2.71 bits per heavy atom. The Balaban J connectivity index is 1.94. The van der Waals surface area contributed by atoms with Gasteiger partial charge in [0.05, 0.1) is 5.60 Å². The Labute approximate surface area is 135 Å². The van der Waals surface area contributed by atoms with Crippen LogP contribution in [-0.4, -0.2) is 23.2 Å². The van der Waals surface area contributed by atoms with Crippen LogP contribution in [0.3, 0.4) is 0 Å². The fourth-order valence-electron chi connectivity index (χ4n) is 2.99. The van der Waals surface area contributed by atoms with Gasteiger partial charge < -0.3 is 10.4 Å². The van der Waals surface area contributed by atoms with E-state index in [4.69, 9.17) is 0 Å². The van der Waals surface area contributed by atoms with Crippen LogP contribution in [0, 0.1) is 12.8 Å². The van der Waals surface area contributed by atoms with Gasteiger partial charge in [0.2, 0.25) is 0 Å². The first-order valence-electron chi connectivity index (χ1n) is 7.71. The standard InChI is InChI=1S/C17H24BrNO2/c1-3-13-7-9-17(21,10-8-13)11-19-16(20)14-5-4-6-15(18)12(14)2/h4-6,13,21H,3,7-11H2,1-2H3,(H,19,20). The molecule has 0 atom stereocenters. The van der Waals surface area contributed by atoms with Crippen molar-refractivity contribution in [1.82, 2.24) is 5.32 Å². The van der Waals surface area contributed by atoms with Crippen LogP contribution in [0.25, 0.3) is 0 Å². The minimum atomic E-state index is -0.735. The van der Waals surface area contributed by atoms with E-state index in [1.807, 2.05) is 25.1 Å². The van der Waals surface area contributed by atoms with Crippen molar-refractivity contribution in [3.8, 4) is 0 Å². The highest BCUT2D eigenvalue weighted by Crippen LogP contribution is 2.33. The third-order valence-corrected chi connectivity index (χ3v) is 5.56. The van der Waals surface area contributed by atoms with E-state index in [-0.39, 0.29) is 5.91 Å². The zero-order valence-corrected chi connectivity index (χ0v) is 14.4. The first kappa shape index (κ1) is 16.5. The lowest BCUT2D eigenvalue weighted by molar-refractivity contribution is -0.00787. The number of hydrogen-bond donors (Lipinski definition) is 2. The van der Waals surface area contributed by atoms with E-state index in [1.54, 1.807) is 0 Å². The lowest BCUT2D eigenvalue weighted by Crippen LogP contribution is -2.45. The topological polar surface area (TPSA) is 49.3 Å². The molecule has 1 aromatic rings. The molecule has 2 N–H and O–H groups in total. The van der Waals surface area contributed by atoms with E-state index < -0.39 is 5.60 Å². The molecule has 0 saturated heterocycles. The Bertz CT molecular complexity index is 508. The summed E-state index contributed by atoms with van der Waals surface area (Å²) in [6, 6.07) is 5.59. The second kappa shape index (κ2) is 6.93. The molecule has 1 aromatic carbocycles. The van der Waals surface area contributed by atoms with Gasteiger partial charge in [-0.15, -0.1) is 0 Å². The molecule has 4 heteroatoms. The zero-order valence-electron chi connectivity index (χ0n) is 12.8. The normalized spacial score (nSPS) is 25.6. The Morgan fingerprint density at radius 1 is 1.43 bits per heavy atom. The molecule has 0 heterocycles. The van der Waals surface area contributed by atoms with Crippen molar-refractivity contribution >= 4 is 21.8 Å². The second-order valence-electron chi connectivity index (χ2n) is 6.17. The molecule has 1 saturated carbocycles. The number of nitrogens with one attached hydrogen (secondary N) is 1. The van der Waals surface area contributed by atoms with Gasteiger partial charge in [-0.3, -0.25) is 4.79 Å². The highest BCUT2D eigenvalue weighted by Gasteiger charge is 2.33. The zero-order chi connectivity index (χ0) is 15.5. The molecule has 1 fully saturated rings. The van der Waals surface area contributed by atoms with Crippen molar-refractivity contribution < 1.29 is 9.90 Å². The quantitative estimate of drug-likeness (QED) is 0.864. The van der Waals surface area contributed by atoms with Gasteiger partial charge in [-0.1, -0.05) is 35.3 Å². The molecule has 0 aliphatic heterocycles. The van der Waals surface area contributed by atoms with Gasteiger partial charge in [0.25, 0.3) is 5.91 Å². The van der Waals surface area contributed by atoms with Crippen molar-refractivity contribution in [1.29, 1.82) is 0 Å². The van der Waals surface area contributed by atoms with Crippen molar-refractivity contribution in [2.45, 2.75) is 51.6 Å². The lowest BCUT2D eigenvalue weighted by Gasteiger charge is -2.35. The van der Waals surface area contributed by atoms with Crippen LogP contribution in [0.5, 0.6) is 0 Å². The number of carbonyl (C=O) groups excluding carboxylic acids is 1. The van der Waals surface area contributed by atoms with E-state index in [1.165, 1.54) is 6.42 Å². The molecule has 2 rings (SSSR count). The summed E-state index contributed by atoms with van der Waals surface area (Å²) < 4.78 is 0.928. The molecule has 0 bridgehead atoms. The first-order chi connectivity index (χ1) is 9.95. The van der Waals surface area contributed by atoms with E-state index in [2.05, 4.69) is 28.2 Å². The summed E-state index contributed by atoms with van der Waals surface area (Å²) in [5.41, 5.74) is 0.855. The minimum absolute atomic E-state index is 0.111. The van der Waals surface area contributed by atoms with E-state index in [0.717, 1.165) is 41.6 Å². The average molecular weight is 354 g/mol. The molecular weight excluding hydrogens is 330 g/mol. The smallest absolute Gasteiger partial charge is 0.251 e. The summed E-state index contributed by atoms with van der Waals surface area (Å²) in [6.07, 6.45) is 4.85. The number of carbonyl (C=O) groups is 1. The van der Waals surface area contributed by atoms with Crippen LogP contribution >= 0.6 is 15.9 Å². The van der Waals surface area contributed by atoms with Crippen LogP contribution in [0.1, 0.15) is 54.9 Å². The maximum atomic E-state index is 12.3. The van der Waals surface area contributed by atoms with Crippen LogP contribution in [0.2, 0.25) is 0 Å². The molecule has 1 aliphatic rings. The van der Waals surface area contributed by atoms with E-state index in [9.17, 15) is 9.90 Å². The SMILES string of the molecule is CCC1CCC(O)(CNC(=O)c2cccc(Br)c2C)CC1. The number of amides is 1. The highest BCUT2D eigenvalue weighted by molar-refractivity contribution is 9.10. The second-order valence-corrected chi connectivity index (χ2v) is 7.03. The van der Waals surface area contributed by atoms with Gasteiger partial charge in [-0.25, -0.2) is 0 Å². The molecule has 21 heavy (non-hydrogen) atoms. The first-order valence-corrected chi connectivity index (χ1v) is 8.50. The van der Waals surface area contributed by atoms with Crippen molar-refractivity contribution in [2.75, 3.05) is 6.54 Å². The van der Waals surface area contributed by atoms with Crippen LogP contribution in [0.4, 0.5) is 0 Å². The van der Waals surface area contributed by atoms with Crippen LogP contribution < -0.4 is 5.32 Å². The average Bonchev–Trinajstić information content (AvgIpc) is 2.49. The number of rotatable bonds is 4. The molecule has 0 aromatic heterocycles. The molecule has 116 valence electrons. The van der Waals surface area contributed by atoms with Crippen molar-refractivity contribution in [3.05, 3.63) is 33.8 Å². The molecule has 0 radical (unpaired) electrons. The maximum absolute atomic E-state index is 12.3. The van der Waals surface area contributed by atoms with Gasteiger partial charge in [-0.05, 0) is 56.2 Å². The van der Waals surface area contributed by atoms with Gasteiger partial charge >= 0.3 is 0 Å². The van der Waals surface area contributed by atoms with E-state index >= 15 is 0 Å². The highest BCUT2D eigenvalue weighted by atomic mass is 79.9. The number of hydrogen-bond acceptors (Lipinski definition) is 2. The summed E-state index contributed by atoms with van der Waals surface area (Å²) in [6.45, 7) is 4.46. The van der Waals surface area contributed by atoms with Crippen LogP contribution in [-0.2, 0) is 0 Å². The number of benzene rings is 1. The molecule has 1 aliphatic carbocycles. The summed E-state index contributed by atoms with van der Waals surface area (Å²) in [7, 11) is 0. The minimum Gasteiger partial charge on any atom is -0.388 e. The number of aliphatic hydroxyl groups is 1. The van der Waals surface area contributed by atoms with Gasteiger partial charge in [0.1, 0.15) is 0 Å². The molecular formula is C17H24BrNO2. The van der Waals surface area contributed by atoms with Crippen LogP contribution in [0.15, 0.2) is 22.7 Å². The molecule has 0 unspecified atom stereocenters. The van der Waals surface area contributed by atoms with E-state index in [0.29, 0.717) is 12.1 Å². The largest absolute Gasteiger partial charge is 0.388 e. The summed E-state index contributed by atoms with van der Waals surface area (Å²) >= 11 is 3.44. The fraction of sp³-hybridized carbons (Fsp3) is 0.588. The predicted octanol–water partition coefficient (Wildman–Crippen LogP) is 3.82. The summed E-state index contributed by atoms with van der Waals surface area (Å²) in [4.78, 5) is 12.3. The monoisotopic (exact) mass is 353 g/mol. The fourth-order valence-corrected chi connectivity index (χ4v) is 3.36. The maximum Gasteiger partial charge on any atom is 0.251 e. The third kappa shape index (κ3) is 4.07. The van der Waals surface area contributed by atoms with Crippen molar-refractivity contribution in [2.24, 2.45) is 5.92 Å². The predicted molar refractivity (Wildman–Crippen MR) is 88.4 cm³/mol. The Morgan fingerprint density at radius 2 is 2.10 bits per heavy atom. The van der Waals surface area contributed by atoms with Gasteiger partial charge in [0, 0.05) is 16.6 Å². The lowest BCUT2D eigenvalue weighted by atomic mass is 9.78. The Kier molecular flexibility index (Phi) is 5.44. The van der Waals surface area contributed by atoms with Crippen molar-refractivity contribution in [3.63, 3.8) is 0 Å². The summed E-state index contributed by atoms with van der Waals surface area (Å²) in [5, 5.41) is 13.5.